The van der Waals surface area contributed by atoms with Gasteiger partial charge in [-0.1, -0.05) is 6.42 Å². The molecular formula is C17H31IN6S. The average Bonchev–Trinajstić information content (AvgIpc) is 2.99. The van der Waals surface area contributed by atoms with Crippen LogP contribution < -0.4 is 10.6 Å². The van der Waals surface area contributed by atoms with Crippen molar-refractivity contribution in [3.05, 3.63) is 11.6 Å². The first-order chi connectivity index (χ1) is 11.7. The van der Waals surface area contributed by atoms with E-state index in [1.165, 1.54) is 32.1 Å². The Morgan fingerprint density at radius 2 is 2.16 bits per heavy atom. The predicted octanol–water partition coefficient (Wildman–Crippen LogP) is 2.61. The summed E-state index contributed by atoms with van der Waals surface area (Å²) >= 11 is 2.00. The molecule has 0 aromatic carbocycles. The number of guanidine groups is 1. The Morgan fingerprint density at radius 1 is 1.32 bits per heavy atom. The van der Waals surface area contributed by atoms with Crippen molar-refractivity contribution < 1.29 is 0 Å². The van der Waals surface area contributed by atoms with Crippen molar-refractivity contribution in [3.8, 4) is 0 Å². The van der Waals surface area contributed by atoms with Gasteiger partial charge in [-0.3, -0.25) is 4.99 Å². The lowest BCUT2D eigenvalue weighted by Crippen LogP contribution is -2.47. The maximum atomic E-state index is 4.43. The van der Waals surface area contributed by atoms with E-state index in [0.717, 1.165) is 42.4 Å². The van der Waals surface area contributed by atoms with E-state index in [9.17, 15) is 0 Å². The van der Waals surface area contributed by atoms with Gasteiger partial charge in [0.15, 0.2) is 5.96 Å². The molecule has 25 heavy (non-hydrogen) atoms. The van der Waals surface area contributed by atoms with Crippen LogP contribution in [0.25, 0.3) is 0 Å². The van der Waals surface area contributed by atoms with Gasteiger partial charge in [0.05, 0.1) is 0 Å². The van der Waals surface area contributed by atoms with Crippen LogP contribution in [0.1, 0.15) is 43.8 Å². The third-order valence-corrected chi connectivity index (χ3v) is 6.41. The molecule has 0 bridgehead atoms. The molecule has 1 aromatic rings. The van der Waals surface area contributed by atoms with Gasteiger partial charge in [-0.25, -0.2) is 0 Å². The number of aliphatic imine (C=N–C) groups is 1. The summed E-state index contributed by atoms with van der Waals surface area (Å²) in [6, 6.07) is 0.556. The highest BCUT2D eigenvalue weighted by molar-refractivity contribution is 14.0. The Kier molecular flexibility index (Phi) is 8.31. The highest BCUT2D eigenvalue weighted by Gasteiger charge is 2.24. The van der Waals surface area contributed by atoms with Gasteiger partial charge >= 0.3 is 0 Å². The fraction of sp³-hybridized carbons (Fsp3) is 0.824. The second-order valence-corrected chi connectivity index (χ2v) is 8.14. The molecule has 6 nitrogen and oxygen atoms in total. The summed E-state index contributed by atoms with van der Waals surface area (Å²) < 4.78 is 2.26. The molecule has 1 aliphatic heterocycles. The number of hydrogen-bond acceptors (Lipinski definition) is 4. The second kappa shape index (κ2) is 9.99. The number of halogens is 1. The summed E-state index contributed by atoms with van der Waals surface area (Å²) in [5.74, 6) is 3.73. The minimum absolute atomic E-state index is 0. The van der Waals surface area contributed by atoms with Crippen molar-refractivity contribution in [1.29, 1.82) is 0 Å². The summed E-state index contributed by atoms with van der Waals surface area (Å²) in [7, 11) is 1.87. The number of nitrogens with zero attached hydrogens (tertiary/aromatic N) is 4. The first-order valence-corrected chi connectivity index (χ1v) is 10.4. The van der Waals surface area contributed by atoms with Crippen LogP contribution in [0, 0.1) is 12.8 Å². The molecule has 0 saturated heterocycles. The maximum absolute atomic E-state index is 4.43. The minimum Gasteiger partial charge on any atom is -0.356 e. The van der Waals surface area contributed by atoms with Crippen LogP contribution in [0.5, 0.6) is 0 Å². The van der Waals surface area contributed by atoms with Gasteiger partial charge in [-0.2, -0.15) is 11.8 Å². The highest BCUT2D eigenvalue weighted by Crippen LogP contribution is 2.26. The van der Waals surface area contributed by atoms with Gasteiger partial charge < -0.3 is 15.2 Å². The van der Waals surface area contributed by atoms with Crippen molar-refractivity contribution in [3.63, 3.8) is 0 Å². The Labute approximate surface area is 172 Å². The fourth-order valence-electron chi connectivity index (χ4n) is 3.82. The van der Waals surface area contributed by atoms with Crippen LogP contribution in [0.15, 0.2) is 4.99 Å². The van der Waals surface area contributed by atoms with Crippen LogP contribution in [0.3, 0.4) is 0 Å². The van der Waals surface area contributed by atoms with Gasteiger partial charge in [-0.05, 0) is 44.8 Å². The van der Waals surface area contributed by atoms with E-state index in [0.29, 0.717) is 12.0 Å². The molecule has 1 aliphatic carbocycles. The van der Waals surface area contributed by atoms with Crippen molar-refractivity contribution in [1.82, 2.24) is 25.4 Å². The lowest BCUT2D eigenvalue weighted by atomic mass is 9.95. The van der Waals surface area contributed by atoms with E-state index in [4.69, 9.17) is 0 Å². The molecular weight excluding hydrogens is 447 g/mol. The van der Waals surface area contributed by atoms with E-state index >= 15 is 0 Å². The number of aryl methyl sites for hydroxylation is 2. The quantitative estimate of drug-likeness (QED) is 0.396. The smallest absolute Gasteiger partial charge is 0.191 e. The van der Waals surface area contributed by atoms with E-state index in [1.807, 2.05) is 25.7 Å². The first-order valence-electron chi connectivity index (χ1n) is 9.08. The van der Waals surface area contributed by atoms with Crippen LogP contribution in [-0.4, -0.2) is 51.9 Å². The average molecular weight is 478 g/mol. The van der Waals surface area contributed by atoms with E-state index < -0.39 is 0 Å². The fourth-order valence-corrected chi connectivity index (χ4v) is 4.64. The normalized spacial score (nSPS) is 26.5. The number of rotatable bonds is 4. The summed E-state index contributed by atoms with van der Waals surface area (Å²) in [5.41, 5.74) is 0. The molecule has 0 spiro atoms. The third kappa shape index (κ3) is 5.48. The lowest BCUT2D eigenvalue weighted by Gasteiger charge is -2.30. The van der Waals surface area contributed by atoms with Crippen molar-refractivity contribution in [2.75, 3.05) is 19.8 Å². The van der Waals surface area contributed by atoms with Crippen LogP contribution >= 0.6 is 35.7 Å². The first kappa shape index (κ1) is 20.8. The summed E-state index contributed by atoms with van der Waals surface area (Å²) in [6.45, 7) is 4.00. The molecule has 2 heterocycles. The Hall–Kier alpha value is -0.510. The zero-order chi connectivity index (χ0) is 16.9. The minimum atomic E-state index is 0. The zero-order valence-electron chi connectivity index (χ0n) is 15.5. The van der Waals surface area contributed by atoms with Crippen LogP contribution in [0.2, 0.25) is 0 Å². The van der Waals surface area contributed by atoms with Crippen LogP contribution in [0.4, 0.5) is 0 Å². The number of fused-ring (bicyclic) bond motifs is 1. The molecule has 0 amide bonds. The van der Waals surface area contributed by atoms with Gasteiger partial charge in [-0.15, -0.1) is 34.2 Å². The summed E-state index contributed by atoms with van der Waals surface area (Å²) in [6.07, 6.45) is 9.59. The molecule has 3 rings (SSSR count). The number of hydrogen-bond donors (Lipinski definition) is 2. The lowest BCUT2D eigenvalue weighted by molar-refractivity contribution is 0.356. The van der Waals surface area contributed by atoms with Gasteiger partial charge in [0.25, 0.3) is 0 Å². The topological polar surface area (TPSA) is 67.1 Å². The number of thioether (sulfide) groups is 1. The van der Waals surface area contributed by atoms with Gasteiger partial charge in [0, 0.05) is 37.8 Å². The van der Waals surface area contributed by atoms with Gasteiger partial charge in [0.1, 0.15) is 11.6 Å². The summed E-state index contributed by atoms with van der Waals surface area (Å²) in [4.78, 5) is 4.43. The monoisotopic (exact) mass is 478 g/mol. The molecule has 2 aliphatic rings. The molecule has 3 unspecified atom stereocenters. The maximum Gasteiger partial charge on any atom is 0.191 e. The second-order valence-electron chi connectivity index (χ2n) is 7.00. The molecule has 8 heteroatoms. The molecule has 1 fully saturated rings. The molecule has 3 atom stereocenters. The standard InChI is InChI=1S/C17H30N6S.HI/c1-12-21-22-16-8-7-13(11-23(12)16)10-19-17(18-2)20-14-5-4-6-15(9-14)24-3;/h13-15H,4-11H2,1-3H3,(H2,18,19,20);1H. The SMILES string of the molecule is CN=C(NCC1CCc2nnc(C)n2C1)NC1CCCC(SC)C1.I. The number of aromatic nitrogens is 3. The van der Waals surface area contributed by atoms with E-state index in [1.54, 1.807) is 0 Å². The molecule has 2 N–H and O–H groups in total. The number of nitrogens with one attached hydrogen (secondary N) is 2. The van der Waals surface area contributed by atoms with Gasteiger partial charge in [0.2, 0.25) is 0 Å². The largest absolute Gasteiger partial charge is 0.356 e. The zero-order valence-corrected chi connectivity index (χ0v) is 18.6. The molecule has 1 aromatic heterocycles. The van der Waals surface area contributed by atoms with E-state index in [-0.39, 0.29) is 24.0 Å². The predicted molar refractivity (Wildman–Crippen MR) is 116 cm³/mol. The van der Waals surface area contributed by atoms with Crippen molar-refractivity contribution in [2.45, 2.75) is 63.3 Å². The van der Waals surface area contributed by atoms with Crippen molar-refractivity contribution >= 4 is 41.7 Å². The Balaban J connectivity index is 0.00000225. The van der Waals surface area contributed by atoms with Crippen molar-refractivity contribution in [2.24, 2.45) is 10.9 Å². The summed E-state index contributed by atoms with van der Waals surface area (Å²) in [5, 5.41) is 16.4. The Morgan fingerprint density at radius 3 is 2.92 bits per heavy atom. The van der Waals surface area contributed by atoms with Crippen LogP contribution in [-0.2, 0) is 13.0 Å². The Bertz CT molecular complexity index is 575. The molecule has 1 saturated carbocycles. The highest BCUT2D eigenvalue weighted by atomic mass is 127. The third-order valence-electron chi connectivity index (χ3n) is 5.31. The molecule has 142 valence electrons. The van der Waals surface area contributed by atoms with E-state index in [2.05, 4.69) is 36.6 Å². The molecule has 0 radical (unpaired) electrons.